The number of amides is 1. The molecule has 132 valence electrons. The minimum absolute atomic E-state index is 0.0170. The molecule has 2 rings (SSSR count). The lowest BCUT2D eigenvalue weighted by atomic mass is 10.1. The number of benzene rings is 1. The molecule has 2 N–H and O–H groups in total. The van der Waals surface area contributed by atoms with Gasteiger partial charge in [-0.2, -0.15) is 13.2 Å². The molecule has 1 heterocycles. The van der Waals surface area contributed by atoms with Gasteiger partial charge in [0.25, 0.3) is 5.69 Å². The summed E-state index contributed by atoms with van der Waals surface area (Å²) < 4.78 is 37.9. The highest BCUT2D eigenvalue weighted by molar-refractivity contribution is 5.90. The van der Waals surface area contributed by atoms with Crippen molar-refractivity contribution in [3.05, 3.63) is 58.4 Å². The van der Waals surface area contributed by atoms with E-state index < -0.39 is 22.4 Å². The second-order valence-electron chi connectivity index (χ2n) is 4.95. The molecule has 0 fully saturated rings. The first kappa shape index (κ1) is 18.2. The first-order valence-corrected chi connectivity index (χ1v) is 7.07. The summed E-state index contributed by atoms with van der Waals surface area (Å²) in [7, 11) is 0. The molecule has 0 aliphatic rings. The number of hydrogen-bond donors (Lipinski definition) is 2. The fourth-order valence-corrected chi connectivity index (χ4v) is 1.98. The normalized spacial score (nSPS) is 11.0. The van der Waals surface area contributed by atoms with E-state index in [2.05, 4.69) is 15.6 Å². The zero-order valence-electron chi connectivity index (χ0n) is 12.7. The highest BCUT2D eigenvalue weighted by atomic mass is 19.4. The van der Waals surface area contributed by atoms with Gasteiger partial charge in [0.2, 0.25) is 5.91 Å². The zero-order chi connectivity index (χ0) is 18.4. The van der Waals surface area contributed by atoms with Gasteiger partial charge in [0.15, 0.2) is 0 Å². The third-order valence-electron chi connectivity index (χ3n) is 3.15. The number of nitro groups is 1. The molecule has 1 amide bonds. The van der Waals surface area contributed by atoms with Crippen LogP contribution >= 0.6 is 0 Å². The predicted molar refractivity (Wildman–Crippen MR) is 84.1 cm³/mol. The number of hydrogen-bond acceptors (Lipinski definition) is 5. The molecule has 2 aromatic rings. The lowest BCUT2D eigenvalue weighted by Crippen LogP contribution is -2.16. The van der Waals surface area contributed by atoms with Crippen molar-refractivity contribution in [2.75, 3.05) is 17.2 Å². The Bertz CT molecular complexity index is 766. The Kier molecular flexibility index (Phi) is 5.52. The van der Waals surface area contributed by atoms with Crippen molar-refractivity contribution in [1.29, 1.82) is 0 Å². The molecule has 0 spiro atoms. The number of anilines is 2. The van der Waals surface area contributed by atoms with E-state index in [-0.39, 0.29) is 24.6 Å². The fraction of sp³-hybridized carbons (Fsp3) is 0.200. The monoisotopic (exact) mass is 354 g/mol. The van der Waals surface area contributed by atoms with Gasteiger partial charge in [-0.3, -0.25) is 19.9 Å². The van der Waals surface area contributed by atoms with Crippen LogP contribution in [0.1, 0.15) is 12.0 Å². The Labute approximate surface area is 140 Å². The average Bonchev–Trinajstić information content (AvgIpc) is 2.54. The summed E-state index contributed by atoms with van der Waals surface area (Å²) >= 11 is 0. The molecule has 0 aliphatic carbocycles. The Morgan fingerprint density at radius 2 is 1.88 bits per heavy atom. The van der Waals surface area contributed by atoms with Gasteiger partial charge in [-0.15, -0.1) is 0 Å². The maximum Gasteiger partial charge on any atom is 0.416 e. The second kappa shape index (κ2) is 7.60. The summed E-state index contributed by atoms with van der Waals surface area (Å²) in [5.74, 6) is -0.353. The Hall–Kier alpha value is -3.17. The summed E-state index contributed by atoms with van der Waals surface area (Å²) in [6, 6.07) is 5.35. The average molecular weight is 354 g/mol. The Morgan fingerprint density at radius 1 is 1.20 bits per heavy atom. The van der Waals surface area contributed by atoms with Crippen molar-refractivity contribution < 1.29 is 22.9 Å². The maximum absolute atomic E-state index is 12.6. The molecule has 0 saturated carbocycles. The molecule has 0 atom stereocenters. The molecule has 0 saturated heterocycles. The van der Waals surface area contributed by atoms with E-state index >= 15 is 0 Å². The number of nitrogens with zero attached hydrogens (tertiary/aromatic N) is 2. The summed E-state index contributed by atoms with van der Waals surface area (Å²) in [6.07, 6.45) is -1.70. The van der Waals surface area contributed by atoms with Gasteiger partial charge in [-0.25, -0.2) is 0 Å². The molecular formula is C15H13F3N4O3. The van der Waals surface area contributed by atoms with Crippen LogP contribution in [0.15, 0.2) is 42.7 Å². The van der Waals surface area contributed by atoms with E-state index in [1.165, 1.54) is 12.4 Å². The minimum Gasteiger partial charge on any atom is -0.379 e. The second-order valence-corrected chi connectivity index (χ2v) is 4.95. The van der Waals surface area contributed by atoms with Gasteiger partial charge < -0.3 is 10.6 Å². The third-order valence-corrected chi connectivity index (χ3v) is 3.15. The minimum atomic E-state index is -4.67. The predicted octanol–water partition coefficient (Wildman–Crippen LogP) is 3.45. The highest BCUT2D eigenvalue weighted by Crippen LogP contribution is 2.34. The van der Waals surface area contributed by atoms with Crippen LogP contribution in [0.5, 0.6) is 0 Å². The van der Waals surface area contributed by atoms with Crippen molar-refractivity contribution in [3.8, 4) is 0 Å². The highest BCUT2D eigenvalue weighted by Gasteiger charge is 2.33. The van der Waals surface area contributed by atoms with Crippen LogP contribution in [-0.2, 0) is 11.0 Å². The first-order valence-electron chi connectivity index (χ1n) is 7.07. The number of rotatable bonds is 6. The van der Waals surface area contributed by atoms with E-state index in [1.807, 2.05) is 0 Å². The molecule has 0 aliphatic heterocycles. The van der Waals surface area contributed by atoms with Crippen LogP contribution < -0.4 is 10.6 Å². The van der Waals surface area contributed by atoms with Gasteiger partial charge in [0.05, 0.1) is 10.5 Å². The molecular weight excluding hydrogens is 341 g/mol. The van der Waals surface area contributed by atoms with E-state index in [0.717, 1.165) is 12.1 Å². The van der Waals surface area contributed by atoms with Crippen molar-refractivity contribution in [1.82, 2.24) is 4.98 Å². The Balaban J connectivity index is 1.98. The topological polar surface area (TPSA) is 97.2 Å². The van der Waals surface area contributed by atoms with E-state index in [9.17, 15) is 28.1 Å². The molecule has 10 heteroatoms. The van der Waals surface area contributed by atoms with Crippen LogP contribution in [0.25, 0.3) is 0 Å². The molecule has 7 nitrogen and oxygen atoms in total. The third kappa shape index (κ3) is 5.16. The number of pyridine rings is 1. The van der Waals surface area contributed by atoms with E-state index in [4.69, 9.17) is 0 Å². The standard InChI is InChI=1S/C15H13F3N4O3/c16-15(17,18)10-1-2-12(13(9-10)22(24)25)20-8-5-14(23)21-11-3-6-19-7-4-11/h1-4,6-7,9,20H,5,8H2,(H,19,21,23). The van der Waals surface area contributed by atoms with Crippen LogP contribution in [-0.4, -0.2) is 22.4 Å². The number of aromatic nitrogens is 1. The van der Waals surface area contributed by atoms with E-state index in [0.29, 0.717) is 11.8 Å². The van der Waals surface area contributed by atoms with Crippen LogP contribution in [0, 0.1) is 10.1 Å². The fourth-order valence-electron chi connectivity index (χ4n) is 1.98. The molecule has 1 aromatic carbocycles. The van der Waals surface area contributed by atoms with Crippen LogP contribution in [0.4, 0.5) is 30.2 Å². The zero-order valence-corrected chi connectivity index (χ0v) is 12.7. The molecule has 0 bridgehead atoms. The number of carbonyl (C=O) groups excluding carboxylic acids is 1. The molecule has 1 aromatic heterocycles. The van der Waals surface area contributed by atoms with E-state index in [1.54, 1.807) is 12.1 Å². The van der Waals surface area contributed by atoms with Crippen molar-refractivity contribution in [2.45, 2.75) is 12.6 Å². The first-order chi connectivity index (χ1) is 11.8. The van der Waals surface area contributed by atoms with Crippen LogP contribution in [0.2, 0.25) is 0 Å². The summed E-state index contributed by atoms with van der Waals surface area (Å²) in [5, 5.41) is 16.2. The van der Waals surface area contributed by atoms with Gasteiger partial charge in [-0.05, 0) is 24.3 Å². The quantitative estimate of drug-likeness (QED) is 0.612. The van der Waals surface area contributed by atoms with Gasteiger partial charge in [-0.1, -0.05) is 0 Å². The molecule has 0 radical (unpaired) electrons. The maximum atomic E-state index is 12.6. The van der Waals surface area contributed by atoms with Crippen molar-refractivity contribution in [3.63, 3.8) is 0 Å². The van der Waals surface area contributed by atoms with Crippen molar-refractivity contribution in [2.24, 2.45) is 0 Å². The lowest BCUT2D eigenvalue weighted by molar-refractivity contribution is -0.384. The number of nitro benzene ring substituents is 1. The largest absolute Gasteiger partial charge is 0.416 e. The number of halogens is 3. The summed E-state index contributed by atoms with van der Waals surface area (Å²) in [4.78, 5) is 25.6. The number of carbonyl (C=O) groups is 1. The molecule has 0 unspecified atom stereocenters. The number of nitrogens with one attached hydrogen (secondary N) is 2. The SMILES string of the molecule is O=C(CCNc1ccc(C(F)(F)F)cc1[N+](=O)[O-])Nc1ccncc1. The van der Waals surface area contributed by atoms with Crippen LogP contribution in [0.3, 0.4) is 0 Å². The lowest BCUT2D eigenvalue weighted by Gasteiger charge is -2.10. The van der Waals surface area contributed by atoms with Gasteiger partial charge in [0, 0.05) is 37.1 Å². The summed E-state index contributed by atoms with van der Waals surface area (Å²) in [5.41, 5.74) is -1.36. The smallest absolute Gasteiger partial charge is 0.379 e. The molecule has 25 heavy (non-hydrogen) atoms. The summed E-state index contributed by atoms with van der Waals surface area (Å²) in [6.45, 7) is 0.0170. The Morgan fingerprint density at radius 3 is 2.48 bits per heavy atom. The van der Waals surface area contributed by atoms with Gasteiger partial charge in [0.1, 0.15) is 5.69 Å². The number of alkyl halides is 3. The van der Waals surface area contributed by atoms with Crippen molar-refractivity contribution >= 4 is 23.0 Å². The van der Waals surface area contributed by atoms with Gasteiger partial charge >= 0.3 is 6.18 Å².